The molecule has 0 saturated carbocycles. The SMILES string of the molecule is Cc1ccc(N)c(NCCOC(C)C)n1. The largest absolute Gasteiger partial charge is 0.396 e. The van der Waals surface area contributed by atoms with E-state index in [-0.39, 0.29) is 6.10 Å². The number of hydrogen-bond acceptors (Lipinski definition) is 4. The Hall–Kier alpha value is -1.29. The summed E-state index contributed by atoms with van der Waals surface area (Å²) < 4.78 is 5.40. The first kappa shape index (κ1) is 11.8. The molecule has 0 aliphatic heterocycles. The molecule has 0 unspecified atom stereocenters. The van der Waals surface area contributed by atoms with Crippen LogP contribution in [0.5, 0.6) is 0 Å². The number of hydrogen-bond donors (Lipinski definition) is 2. The Balaban J connectivity index is 2.40. The van der Waals surface area contributed by atoms with Crippen molar-refractivity contribution in [1.82, 2.24) is 4.98 Å². The van der Waals surface area contributed by atoms with Crippen LogP contribution in [0.4, 0.5) is 11.5 Å². The normalized spacial score (nSPS) is 10.7. The van der Waals surface area contributed by atoms with Crippen molar-refractivity contribution in [2.24, 2.45) is 0 Å². The number of rotatable bonds is 5. The highest BCUT2D eigenvalue weighted by Crippen LogP contribution is 2.14. The van der Waals surface area contributed by atoms with Crippen molar-refractivity contribution in [2.45, 2.75) is 26.9 Å². The molecular formula is C11H19N3O. The lowest BCUT2D eigenvalue weighted by molar-refractivity contribution is 0.0870. The summed E-state index contributed by atoms with van der Waals surface area (Å²) in [5.41, 5.74) is 7.39. The summed E-state index contributed by atoms with van der Waals surface area (Å²) in [6.45, 7) is 7.35. The summed E-state index contributed by atoms with van der Waals surface area (Å²) in [7, 11) is 0. The molecule has 1 rings (SSSR count). The van der Waals surface area contributed by atoms with Gasteiger partial charge in [0.25, 0.3) is 0 Å². The summed E-state index contributed by atoms with van der Waals surface area (Å²) in [4.78, 5) is 4.30. The maximum Gasteiger partial charge on any atom is 0.149 e. The summed E-state index contributed by atoms with van der Waals surface area (Å²) in [5.74, 6) is 0.738. The molecule has 0 bridgehead atoms. The second-order valence-electron chi connectivity index (χ2n) is 3.74. The summed E-state index contributed by atoms with van der Waals surface area (Å²) in [6.07, 6.45) is 0.259. The first-order valence-electron chi connectivity index (χ1n) is 5.18. The van der Waals surface area contributed by atoms with Crippen molar-refractivity contribution in [3.8, 4) is 0 Å². The van der Waals surface area contributed by atoms with E-state index >= 15 is 0 Å². The Morgan fingerprint density at radius 3 is 2.87 bits per heavy atom. The molecule has 0 atom stereocenters. The van der Waals surface area contributed by atoms with Crippen LogP contribution in [0.2, 0.25) is 0 Å². The zero-order chi connectivity index (χ0) is 11.3. The smallest absolute Gasteiger partial charge is 0.149 e. The van der Waals surface area contributed by atoms with Gasteiger partial charge in [-0.1, -0.05) is 0 Å². The number of nitrogens with one attached hydrogen (secondary N) is 1. The number of ether oxygens (including phenoxy) is 1. The van der Waals surface area contributed by atoms with Gasteiger partial charge in [0.2, 0.25) is 0 Å². The van der Waals surface area contributed by atoms with Crippen molar-refractivity contribution in [3.63, 3.8) is 0 Å². The zero-order valence-corrected chi connectivity index (χ0v) is 9.58. The average Bonchev–Trinajstić information content (AvgIpc) is 2.17. The molecule has 0 amide bonds. The number of anilines is 2. The highest BCUT2D eigenvalue weighted by Gasteiger charge is 2.00. The van der Waals surface area contributed by atoms with Crippen LogP contribution in [-0.2, 0) is 4.74 Å². The van der Waals surface area contributed by atoms with Gasteiger partial charge in [0, 0.05) is 12.2 Å². The van der Waals surface area contributed by atoms with Gasteiger partial charge in [-0.15, -0.1) is 0 Å². The number of aryl methyl sites for hydroxylation is 1. The van der Waals surface area contributed by atoms with E-state index in [9.17, 15) is 0 Å². The van der Waals surface area contributed by atoms with E-state index in [4.69, 9.17) is 10.5 Å². The molecule has 0 aliphatic rings. The number of nitrogens with zero attached hydrogens (tertiary/aromatic N) is 1. The number of pyridine rings is 1. The lowest BCUT2D eigenvalue weighted by Gasteiger charge is -2.10. The van der Waals surface area contributed by atoms with Gasteiger partial charge in [0.05, 0.1) is 18.4 Å². The maximum atomic E-state index is 5.77. The van der Waals surface area contributed by atoms with Crippen LogP contribution < -0.4 is 11.1 Å². The quantitative estimate of drug-likeness (QED) is 0.726. The molecule has 84 valence electrons. The fourth-order valence-corrected chi connectivity index (χ4v) is 1.17. The Morgan fingerprint density at radius 2 is 2.20 bits per heavy atom. The van der Waals surface area contributed by atoms with E-state index in [0.717, 1.165) is 18.1 Å². The molecule has 1 heterocycles. The molecular weight excluding hydrogens is 190 g/mol. The van der Waals surface area contributed by atoms with Crippen LogP contribution in [0.1, 0.15) is 19.5 Å². The zero-order valence-electron chi connectivity index (χ0n) is 9.58. The Kier molecular flexibility index (Phi) is 4.37. The Labute approximate surface area is 90.8 Å². The molecule has 15 heavy (non-hydrogen) atoms. The van der Waals surface area contributed by atoms with E-state index in [2.05, 4.69) is 10.3 Å². The van der Waals surface area contributed by atoms with Crippen molar-refractivity contribution >= 4 is 11.5 Å². The first-order chi connectivity index (χ1) is 7.09. The van der Waals surface area contributed by atoms with Crippen LogP contribution >= 0.6 is 0 Å². The van der Waals surface area contributed by atoms with Gasteiger partial charge in [-0.25, -0.2) is 4.98 Å². The third-order valence-electron chi connectivity index (χ3n) is 1.91. The standard InChI is InChI=1S/C11H19N3O/c1-8(2)15-7-6-13-11-10(12)5-4-9(3)14-11/h4-5,8H,6-7,12H2,1-3H3,(H,13,14). The van der Waals surface area contributed by atoms with E-state index in [1.165, 1.54) is 0 Å². The van der Waals surface area contributed by atoms with E-state index in [1.54, 1.807) is 0 Å². The molecule has 1 aromatic heterocycles. The molecule has 0 fully saturated rings. The third-order valence-corrected chi connectivity index (χ3v) is 1.91. The van der Waals surface area contributed by atoms with Gasteiger partial charge in [-0.3, -0.25) is 0 Å². The minimum Gasteiger partial charge on any atom is -0.396 e. The molecule has 0 radical (unpaired) electrons. The number of aromatic nitrogens is 1. The van der Waals surface area contributed by atoms with Crippen LogP contribution in [0, 0.1) is 6.92 Å². The Bertz CT molecular complexity index is 313. The van der Waals surface area contributed by atoms with Crippen molar-refractivity contribution in [2.75, 3.05) is 24.2 Å². The third kappa shape index (κ3) is 4.16. The molecule has 3 N–H and O–H groups in total. The van der Waals surface area contributed by atoms with Crippen molar-refractivity contribution < 1.29 is 4.74 Å². The number of nitrogens with two attached hydrogens (primary N) is 1. The molecule has 0 aromatic carbocycles. The Morgan fingerprint density at radius 1 is 1.47 bits per heavy atom. The monoisotopic (exact) mass is 209 g/mol. The second-order valence-corrected chi connectivity index (χ2v) is 3.74. The number of nitrogen functional groups attached to an aromatic ring is 1. The minimum absolute atomic E-state index is 0.259. The van der Waals surface area contributed by atoms with Gasteiger partial charge < -0.3 is 15.8 Å². The van der Waals surface area contributed by atoms with Gasteiger partial charge >= 0.3 is 0 Å². The topological polar surface area (TPSA) is 60.2 Å². The molecule has 1 aromatic rings. The molecule has 4 heteroatoms. The molecule has 0 aliphatic carbocycles. The van der Waals surface area contributed by atoms with Crippen molar-refractivity contribution in [3.05, 3.63) is 17.8 Å². The van der Waals surface area contributed by atoms with Crippen LogP contribution in [0.25, 0.3) is 0 Å². The lowest BCUT2D eigenvalue weighted by atomic mass is 10.3. The summed E-state index contributed by atoms with van der Waals surface area (Å²) in [6, 6.07) is 3.75. The first-order valence-corrected chi connectivity index (χ1v) is 5.18. The minimum atomic E-state index is 0.259. The lowest BCUT2D eigenvalue weighted by Crippen LogP contribution is -2.14. The maximum absolute atomic E-state index is 5.77. The van der Waals surface area contributed by atoms with E-state index < -0.39 is 0 Å². The van der Waals surface area contributed by atoms with Crippen LogP contribution in [0.3, 0.4) is 0 Å². The highest BCUT2D eigenvalue weighted by atomic mass is 16.5. The average molecular weight is 209 g/mol. The molecule has 4 nitrogen and oxygen atoms in total. The van der Waals surface area contributed by atoms with E-state index in [0.29, 0.717) is 12.3 Å². The molecule has 0 saturated heterocycles. The summed E-state index contributed by atoms with van der Waals surface area (Å²) >= 11 is 0. The van der Waals surface area contributed by atoms with Gasteiger partial charge in [-0.2, -0.15) is 0 Å². The van der Waals surface area contributed by atoms with Crippen LogP contribution in [-0.4, -0.2) is 24.2 Å². The van der Waals surface area contributed by atoms with Gasteiger partial charge in [-0.05, 0) is 32.9 Å². The fraction of sp³-hybridized carbons (Fsp3) is 0.545. The predicted octanol–water partition coefficient (Wildman–Crippen LogP) is 1.81. The second kappa shape index (κ2) is 5.56. The van der Waals surface area contributed by atoms with Crippen LogP contribution in [0.15, 0.2) is 12.1 Å². The van der Waals surface area contributed by atoms with Crippen molar-refractivity contribution in [1.29, 1.82) is 0 Å². The predicted molar refractivity (Wildman–Crippen MR) is 63.0 cm³/mol. The fourth-order valence-electron chi connectivity index (χ4n) is 1.17. The van der Waals surface area contributed by atoms with Gasteiger partial charge in [0.15, 0.2) is 0 Å². The van der Waals surface area contributed by atoms with Gasteiger partial charge in [0.1, 0.15) is 5.82 Å². The molecule has 0 spiro atoms. The highest BCUT2D eigenvalue weighted by molar-refractivity contribution is 5.61. The van der Waals surface area contributed by atoms with E-state index in [1.807, 2.05) is 32.9 Å². The summed E-state index contributed by atoms with van der Waals surface area (Å²) in [5, 5.41) is 3.15.